The maximum atomic E-state index is 12.8. The van der Waals surface area contributed by atoms with Crippen molar-refractivity contribution < 1.29 is 19.2 Å². The Bertz CT molecular complexity index is 1020. The molecule has 29 heavy (non-hydrogen) atoms. The largest absolute Gasteiger partial charge is 0.325 e. The van der Waals surface area contributed by atoms with Gasteiger partial charge in [-0.3, -0.25) is 19.8 Å². The molecule has 1 unspecified atom stereocenters. The lowest BCUT2D eigenvalue weighted by atomic mass is 10.0. The molecular formula is C19H19BrN4O4S. The average molecular weight is 479 g/mol. The minimum atomic E-state index is -1.25. The van der Waals surface area contributed by atoms with E-state index in [4.69, 9.17) is 0 Å². The van der Waals surface area contributed by atoms with Crippen LogP contribution in [0.1, 0.15) is 22.9 Å². The van der Waals surface area contributed by atoms with Crippen LogP contribution in [0.2, 0.25) is 0 Å². The van der Waals surface area contributed by atoms with Crippen molar-refractivity contribution in [2.45, 2.75) is 26.3 Å². The van der Waals surface area contributed by atoms with Crippen LogP contribution < -0.4 is 16.0 Å². The molecule has 1 aromatic carbocycles. The molecule has 0 aliphatic carbocycles. The first-order valence-electron chi connectivity index (χ1n) is 8.69. The second-order valence-corrected chi connectivity index (χ2v) is 9.26. The number of thiophene rings is 1. The van der Waals surface area contributed by atoms with Crippen LogP contribution in [0.4, 0.5) is 15.3 Å². The molecular weight excluding hydrogens is 460 g/mol. The predicted octanol–water partition coefficient (Wildman–Crippen LogP) is 3.24. The van der Waals surface area contributed by atoms with Crippen molar-refractivity contribution in [1.29, 1.82) is 0 Å². The SMILES string of the molecule is Cc1cccc(NC(=O)NC(=O)CN2C(=O)NC(C)(c3ccc(Br)s3)C2=O)c1C. The van der Waals surface area contributed by atoms with Crippen molar-refractivity contribution in [3.8, 4) is 0 Å². The Morgan fingerprint density at radius 1 is 1.21 bits per heavy atom. The highest BCUT2D eigenvalue weighted by atomic mass is 79.9. The lowest BCUT2D eigenvalue weighted by molar-refractivity contribution is -0.134. The molecule has 8 nitrogen and oxygen atoms in total. The van der Waals surface area contributed by atoms with Crippen LogP contribution in [-0.2, 0) is 15.1 Å². The van der Waals surface area contributed by atoms with Gasteiger partial charge in [-0.15, -0.1) is 11.3 Å². The van der Waals surface area contributed by atoms with Gasteiger partial charge in [0, 0.05) is 10.6 Å². The van der Waals surface area contributed by atoms with Crippen LogP contribution in [0.15, 0.2) is 34.1 Å². The van der Waals surface area contributed by atoms with Gasteiger partial charge in [0.25, 0.3) is 5.91 Å². The fourth-order valence-electron chi connectivity index (χ4n) is 2.94. The Morgan fingerprint density at radius 2 is 1.93 bits per heavy atom. The van der Waals surface area contributed by atoms with E-state index >= 15 is 0 Å². The monoisotopic (exact) mass is 478 g/mol. The first-order valence-corrected chi connectivity index (χ1v) is 10.3. The molecule has 0 bridgehead atoms. The van der Waals surface area contributed by atoms with Crippen molar-refractivity contribution in [3.05, 3.63) is 50.1 Å². The number of anilines is 1. The number of amides is 6. The highest BCUT2D eigenvalue weighted by Gasteiger charge is 2.50. The molecule has 1 aliphatic rings. The van der Waals surface area contributed by atoms with Gasteiger partial charge in [-0.05, 0) is 66.0 Å². The molecule has 1 aromatic heterocycles. The van der Waals surface area contributed by atoms with E-state index in [-0.39, 0.29) is 0 Å². The number of nitrogens with zero attached hydrogens (tertiary/aromatic N) is 1. The molecule has 1 fully saturated rings. The van der Waals surface area contributed by atoms with Gasteiger partial charge in [-0.25, -0.2) is 9.59 Å². The van der Waals surface area contributed by atoms with Crippen molar-refractivity contribution in [2.75, 3.05) is 11.9 Å². The van der Waals surface area contributed by atoms with E-state index in [0.29, 0.717) is 10.6 Å². The minimum absolute atomic E-state index is 0.554. The number of aryl methyl sites for hydroxylation is 1. The topological polar surface area (TPSA) is 108 Å². The molecule has 1 saturated heterocycles. The Balaban J connectivity index is 1.64. The van der Waals surface area contributed by atoms with Gasteiger partial charge in [0.05, 0.1) is 3.79 Å². The maximum absolute atomic E-state index is 12.8. The van der Waals surface area contributed by atoms with Crippen molar-refractivity contribution in [2.24, 2.45) is 0 Å². The Kier molecular flexibility index (Phi) is 5.76. The predicted molar refractivity (Wildman–Crippen MR) is 113 cm³/mol. The van der Waals surface area contributed by atoms with E-state index in [1.165, 1.54) is 11.3 Å². The average Bonchev–Trinajstić information content (AvgIpc) is 3.17. The van der Waals surface area contributed by atoms with E-state index in [2.05, 4.69) is 31.9 Å². The number of carbonyl (C=O) groups excluding carboxylic acids is 4. The minimum Gasteiger partial charge on any atom is -0.319 e. The fourth-order valence-corrected chi connectivity index (χ4v) is 4.42. The summed E-state index contributed by atoms with van der Waals surface area (Å²) in [5.41, 5.74) is 1.19. The summed E-state index contributed by atoms with van der Waals surface area (Å²) >= 11 is 4.64. The smallest absolute Gasteiger partial charge is 0.319 e. The van der Waals surface area contributed by atoms with Crippen molar-refractivity contribution >= 4 is 56.8 Å². The van der Waals surface area contributed by atoms with Gasteiger partial charge in [0.2, 0.25) is 5.91 Å². The lowest BCUT2D eigenvalue weighted by Gasteiger charge is -2.20. The van der Waals surface area contributed by atoms with Gasteiger partial charge >= 0.3 is 12.1 Å². The van der Waals surface area contributed by atoms with E-state index in [1.54, 1.807) is 31.2 Å². The molecule has 0 saturated carbocycles. The molecule has 3 rings (SSSR count). The van der Waals surface area contributed by atoms with Crippen LogP contribution in [0, 0.1) is 13.8 Å². The summed E-state index contributed by atoms with van der Waals surface area (Å²) in [4.78, 5) is 50.9. The highest BCUT2D eigenvalue weighted by Crippen LogP contribution is 2.35. The molecule has 1 aliphatic heterocycles. The van der Waals surface area contributed by atoms with Crippen molar-refractivity contribution in [1.82, 2.24) is 15.5 Å². The standard InChI is InChI=1S/C19H19BrN4O4S/c1-10-5-4-6-12(11(10)2)21-17(27)22-15(25)9-24-16(26)19(3,23-18(24)28)13-7-8-14(20)29-13/h4-8H,9H2,1-3H3,(H,23,28)(H2,21,22,25,27). The normalized spacial score (nSPS) is 18.6. The number of halogens is 1. The van der Waals surface area contributed by atoms with Crippen LogP contribution in [0.5, 0.6) is 0 Å². The molecule has 6 amide bonds. The molecule has 2 heterocycles. The number of imide groups is 2. The summed E-state index contributed by atoms with van der Waals surface area (Å²) in [6, 6.07) is 7.49. The maximum Gasteiger partial charge on any atom is 0.325 e. The van der Waals surface area contributed by atoms with Crippen LogP contribution in [0.3, 0.4) is 0 Å². The number of nitrogens with one attached hydrogen (secondary N) is 3. The summed E-state index contributed by atoms with van der Waals surface area (Å²) in [6.45, 7) is 4.78. The van der Waals surface area contributed by atoms with Gasteiger partial charge in [-0.2, -0.15) is 0 Å². The fraction of sp³-hybridized carbons (Fsp3) is 0.263. The van der Waals surface area contributed by atoms with Crippen LogP contribution in [-0.4, -0.2) is 35.3 Å². The Hall–Kier alpha value is -2.72. The number of hydrogen-bond donors (Lipinski definition) is 3. The summed E-state index contributed by atoms with van der Waals surface area (Å²) < 4.78 is 0.815. The van der Waals surface area contributed by atoms with Crippen LogP contribution >= 0.6 is 27.3 Å². The molecule has 1 atom stereocenters. The molecule has 0 spiro atoms. The quantitative estimate of drug-likeness (QED) is 0.586. The van der Waals surface area contributed by atoms with Gasteiger partial charge in [0.1, 0.15) is 6.54 Å². The number of rotatable bonds is 4. The van der Waals surface area contributed by atoms with E-state index in [1.807, 2.05) is 19.9 Å². The summed E-state index contributed by atoms with van der Waals surface area (Å²) in [5, 5.41) is 7.36. The van der Waals surface area contributed by atoms with Gasteiger partial charge < -0.3 is 10.6 Å². The zero-order chi connectivity index (χ0) is 21.3. The van der Waals surface area contributed by atoms with Gasteiger partial charge in [0.15, 0.2) is 5.54 Å². The van der Waals surface area contributed by atoms with E-state index in [9.17, 15) is 19.2 Å². The molecule has 2 aromatic rings. The first kappa shape index (κ1) is 21.0. The number of urea groups is 2. The lowest BCUT2D eigenvalue weighted by Crippen LogP contribution is -2.45. The molecule has 10 heteroatoms. The third-order valence-corrected chi connectivity index (χ3v) is 6.59. The highest BCUT2D eigenvalue weighted by molar-refractivity contribution is 9.11. The Morgan fingerprint density at radius 3 is 2.59 bits per heavy atom. The third kappa shape index (κ3) is 4.18. The number of carbonyl (C=O) groups is 4. The Labute approximate surface area is 179 Å². The zero-order valence-electron chi connectivity index (χ0n) is 16.0. The number of hydrogen-bond acceptors (Lipinski definition) is 5. The van der Waals surface area contributed by atoms with Crippen LogP contribution in [0.25, 0.3) is 0 Å². The second-order valence-electron chi connectivity index (χ2n) is 6.80. The third-order valence-electron chi connectivity index (χ3n) is 4.75. The second kappa shape index (κ2) is 7.96. The molecule has 0 radical (unpaired) electrons. The van der Waals surface area contributed by atoms with Crippen molar-refractivity contribution in [3.63, 3.8) is 0 Å². The van der Waals surface area contributed by atoms with E-state index < -0.39 is 36.0 Å². The summed E-state index contributed by atoms with van der Waals surface area (Å²) in [7, 11) is 0. The molecule has 3 N–H and O–H groups in total. The summed E-state index contributed by atoms with van der Waals surface area (Å²) in [6.07, 6.45) is 0. The number of benzene rings is 1. The first-order chi connectivity index (χ1) is 13.6. The zero-order valence-corrected chi connectivity index (χ0v) is 18.4. The van der Waals surface area contributed by atoms with E-state index in [0.717, 1.165) is 19.8 Å². The summed E-state index contributed by atoms with van der Waals surface area (Å²) in [5.74, 6) is -1.32. The van der Waals surface area contributed by atoms with Gasteiger partial charge in [-0.1, -0.05) is 12.1 Å². The molecule has 152 valence electrons.